The van der Waals surface area contributed by atoms with E-state index in [1.165, 1.54) is 4.90 Å². The number of carbonyl (C=O) groups excluding carboxylic acids is 2. The summed E-state index contributed by atoms with van der Waals surface area (Å²) in [7, 11) is 3.31. The number of carbonyl (C=O) groups is 2. The number of ether oxygens (including phenoxy) is 2. The largest absolute Gasteiger partial charge is 0.496 e. The summed E-state index contributed by atoms with van der Waals surface area (Å²) in [6.45, 7) is 0.0542. The van der Waals surface area contributed by atoms with Crippen LogP contribution in [-0.2, 0) is 4.79 Å². The molecule has 1 aromatic heterocycles. The Morgan fingerprint density at radius 2 is 1.82 bits per heavy atom. The Kier molecular flexibility index (Phi) is 5.22. The number of anilines is 1. The first kappa shape index (κ1) is 20.6. The van der Waals surface area contributed by atoms with Gasteiger partial charge in [0.05, 0.1) is 18.3 Å². The summed E-state index contributed by atoms with van der Waals surface area (Å²) in [5.41, 5.74) is 3.70. The Labute approximate surface area is 190 Å². The van der Waals surface area contributed by atoms with Crippen LogP contribution in [0.3, 0.4) is 0 Å². The Morgan fingerprint density at radius 3 is 2.67 bits per heavy atom. The fourth-order valence-electron chi connectivity index (χ4n) is 4.16. The van der Waals surface area contributed by atoms with Gasteiger partial charge in [0, 0.05) is 23.6 Å². The molecular formula is C26H23N3O4. The molecule has 7 heteroatoms. The van der Waals surface area contributed by atoms with E-state index >= 15 is 0 Å². The number of hydrogen-bond acceptors (Lipinski definition) is 4. The van der Waals surface area contributed by atoms with Crippen LogP contribution in [0.1, 0.15) is 10.5 Å². The van der Waals surface area contributed by atoms with Crippen molar-refractivity contribution < 1.29 is 19.1 Å². The Bertz CT molecular complexity index is 1360. The van der Waals surface area contributed by atoms with Crippen LogP contribution < -0.4 is 19.7 Å². The molecule has 166 valence electrons. The van der Waals surface area contributed by atoms with Gasteiger partial charge in [-0.3, -0.25) is 9.59 Å². The molecular weight excluding hydrogens is 418 g/mol. The number of amides is 2. The number of rotatable bonds is 4. The van der Waals surface area contributed by atoms with Crippen molar-refractivity contribution in [1.29, 1.82) is 0 Å². The van der Waals surface area contributed by atoms with E-state index in [2.05, 4.69) is 10.3 Å². The van der Waals surface area contributed by atoms with Gasteiger partial charge in [-0.15, -0.1) is 0 Å². The van der Waals surface area contributed by atoms with Crippen molar-refractivity contribution in [3.8, 4) is 22.6 Å². The van der Waals surface area contributed by atoms with Crippen LogP contribution in [0.5, 0.6) is 11.5 Å². The molecule has 0 bridgehead atoms. The third kappa shape index (κ3) is 3.67. The standard InChI is InChI=1S/C26H23N3O4/c1-29-21-11-4-6-13-23(21)33-15-20(26(29)31)28-25(30)19-14-16-8-7-10-18(24(16)27-19)17-9-3-5-12-22(17)32-2/h3-14,20,27H,15H2,1-2H3,(H,28,30)/t20-/m0/s1. The molecule has 0 spiro atoms. The zero-order valence-corrected chi connectivity index (χ0v) is 18.3. The molecule has 0 saturated heterocycles. The maximum atomic E-state index is 13.1. The van der Waals surface area contributed by atoms with Crippen molar-refractivity contribution in [2.45, 2.75) is 6.04 Å². The molecule has 2 N–H and O–H groups in total. The minimum Gasteiger partial charge on any atom is -0.496 e. The van der Waals surface area contributed by atoms with Gasteiger partial charge in [-0.1, -0.05) is 48.5 Å². The number of methoxy groups -OCH3 is 1. The van der Waals surface area contributed by atoms with Gasteiger partial charge in [0.1, 0.15) is 29.8 Å². The van der Waals surface area contributed by atoms with Gasteiger partial charge in [-0.25, -0.2) is 0 Å². The van der Waals surface area contributed by atoms with Crippen LogP contribution in [0.2, 0.25) is 0 Å². The number of H-pyrrole nitrogens is 1. The highest BCUT2D eigenvalue weighted by Gasteiger charge is 2.31. The predicted molar refractivity (Wildman–Crippen MR) is 127 cm³/mol. The van der Waals surface area contributed by atoms with E-state index in [1.54, 1.807) is 26.3 Å². The lowest BCUT2D eigenvalue weighted by atomic mass is 10.0. The fraction of sp³-hybridized carbons (Fsp3) is 0.154. The first-order chi connectivity index (χ1) is 16.1. The molecule has 7 nitrogen and oxygen atoms in total. The molecule has 0 fully saturated rings. The van der Waals surface area contributed by atoms with Crippen LogP contribution in [0, 0.1) is 0 Å². The van der Waals surface area contributed by atoms with E-state index in [4.69, 9.17) is 9.47 Å². The average molecular weight is 441 g/mol. The topological polar surface area (TPSA) is 83.7 Å². The lowest BCUT2D eigenvalue weighted by Crippen LogP contribution is -2.49. The average Bonchev–Trinajstić information content (AvgIpc) is 3.26. The van der Waals surface area contributed by atoms with E-state index < -0.39 is 6.04 Å². The van der Waals surface area contributed by atoms with Crippen LogP contribution >= 0.6 is 0 Å². The Hall–Kier alpha value is -4.26. The summed E-state index contributed by atoms with van der Waals surface area (Å²) < 4.78 is 11.3. The number of benzene rings is 3. The van der Waals surface area contributed by atoms with Crippen LogP contribution in [-0.4, -0.2) is 43.6 Å². The number of para-hydroxylation sites is 4. The zero-order valence-electron chi connectivity index (χ0n) is 18.3. The fourth-order valence-corrected chi connectivity index (χ4v) is 4.16. The first-order valence-electron chi connectivity index (χ1n) is 10.6. The minimum absolute atomic E-state index is 0.0542. The van der Waals surface area contributed by atoms with Gasteiger partial charge < -0.3 is 24.7 Å². The number of nitrogens with zero attached hydrogens (tertiary/aromatic N) is 1. The highest BCUT2D eigenvalue weighted by molar-refractivity contribution is 6.06. The Balaban J connectivity index is 1.43. The molecule has 1 aliphatic heterocycles. The monoisotopic (exact) mass is 441 g/mol. The second-order valence-electron chi connectivity index (χ2n) is 7.86. The molecule has 0 unspecified atom stereocenters. The van der Waals surface area contributed by atoms with Gasteiger partial charge >= 0.3 is 0 Å². The summed E-state index contributed by atoms with van der Waals surface area (Å²) in [6, 6.07) is 21.9. The molecule has 0 radical (unpaired) electrons. The molecule has 1 atom stereocenters. The van der Waals surface area contributed by atoms with Crippen molar-refractivity contribution >= 4 is 28.4 Å². The number of fused-ring (bicyclic) bond motifs is 2. The molecule has 3 aromatic carbocycles. The summed E-state index contributed by atoms with van der Waals surface area (Å²) in [4.78, 5) is 30.8. The van der Waals surface area contributed by atoms with Crippen molar-refractivity contribution in [1.82, 2.24) is 10.3 Å². The molecule has 2 amide bonds. The summed E-state index contributed by atoms with van der Waals surface area (Å²) >= 11 is 0. The van der Waals surface area contributed by atoms with Gasteiger partial charge in [0.15, 0.2) is 0 Å². The van der Waals surface area contributed by atoms with Gasteiger partial charge in [0.25, 0.3) is 11.8 Å². The normalized spacial score (nSPS) is 15.5. The second kappa shape index (κ2) is 8.35. The maximum Gasteiger partial charge on any atom is 0.268 e. The summed E-state index contributed by atoms with van der Waals surface area (Å²) in [5, 5.41) is 3.71. The van der Waals surface area contributed by atoms with E-state index in [1.807, 2.05) is 60.7 Å². The second-order valence-corrected chi connectivity index (χ2v) is 7.86. The molecule has 5 rings (SSSR count). The highest BCUT2D eigenvalue weighted by atomic mass is 16.5. The van der Waals surface area contributed by atoms with Crippen LogP contribution in [0.15, 0.2) is 72.8 Å². The van der Waals surface area contributed by atoms with E-state index in [9.17, 15) is 9.59 Å². The Morgan fingerprint density at radius 1 is 1.06 bits per heavy atom. The van der Waals surface area contributed by atoms with Crippen molar-refractivity contribution in [3.63, 3.8) is 0 Å². The zero-order chi connectivity index (χ0) is 22.9. The molecule has 0 saturated carbocycles. The van der Waals surface area contributed by atoms with E-state index in [0.29, 0.717) is 17.1 Å². The molecule has 4 aromatic rings. The molecule has 0 aliphatic carbocycles. The SMILES string of the molecule is COc1ccccc1-c1cccc2cc(C(=O)N[C@H]3COc4ccccc4N(C)C3=O)[nH]c12. The summed E-state index contributed by atoms with van der Waals surface area (Å²) in [6.07, 6.45) is 0. The van der Waals surface area contributed by atoms with Crippen molar-refractivity contribution in [2.24, 2.45) is 0 Å². The maximum absolute atomic E-state index is 13.1. The number of nitrogens with one attached hydrogen (secondary N) is 2. The first-order valence-corrected chi connectivity index (χ1v) is 10.6. The predicted octanol–water partition coefficient (Wildman–Crippen LogP) is 4.00. The minimum atomic E-state index is -0.810. The third-order valence-corrected chi connectivity index (χ3v) is 5.86. The highest BCUT2D eigenvalue weighted by Crippen LogP contribution is 2.35. The van der Waals surface area contributed by atoms with Crippen molar-refractivity contribution in [2.75, 3.05) is 25.7 Å². The number of aromatic amines is 1. The third-order valence-electron chi connectivity index (χ3n) is 5.86. The lowest BCUT2D eigenvalue weighted by Gasteiger charge is -2.20. The molecule has 33 heavy (non-hydrogen) atoms. The van der Waals surface area contributed by atoms with E-state index in [0.717, 1.165) is 27.8 Å². The van der Waals surface area contributed by atoms with Gasteiger partial charge in [-0.05, 0) is 24.3 Å². The van der Waals surface area contributed by atoms with Gasteiger partial charge in [-0.2, -0.15) is 0 Å². The van der Waals surface area contributed by atoms with Crippen LogP contribution in [0.4, 0.5) is 5.69 Å². The lowest BCUT2D eigenvalue weighted by molar-refractivity contribution is -0.120. The van der Waals surface area contributed by atoms with Gasteiger partial charge in [0.2, 0.25) is 0 Å². The number of hydrogen-bond donors (Lipinski definition) is 2. The summed E-state index contributed by atoms with van der Waals surface area (Å²) in [5.74, 6) is 0.740. The number of likely N-dealkylation sites (N-methyl/N-ethyl adjacent to an activating group) is 1. The molecule has 1 aliphatic rings. The smallest absolute Gasteiger partial charge is 0.268 e. The number of aromatic nitrogens is 1. The van der Waals surface area contributed by atoms with E-state index in [-0.39, 0.29) is 18.4 Å². The molecule has 2 heterocycles. The van der Waals surface area contributed by atoms with Crippen LogP contribution in [0.25, 0.3) is 22.0 Å². The quantitative estimate of drug-likeness (QED) is 0.502. The van der Waals surface area contributed by atoms with Crippen molar-refractivity contribution in [3.05, 3.63) is 78.5 Å².